The summed E-state index contributed by atoms with van der Waals surface area (Å²) in [6.07, 6.45) is 1.95. The van der Waals surface area contributed by atoms with Crippen molar-refractivity contribution < 1.29 is 4.79 Å². The first-order valence-electron chi connectivity index (χ1n) is 2.25. The minimum absolute atomic E-state index is 0.279. The van der Waals surface area contributed by atoms with Crippen LogP contribution in [0.15, 0.2) is 0 Å². The van der Waals surface area contributed by atoms with Crippen molar-refractivity contribution in [3.63, 3.8) is 0 Å². The third-order valence-corrected chi connectivity index (χ3v) is 1.04. The fourth-order valence-electron chi connectivity index (χ4n) is 0.276. The van der Waals surface area contributed by atoms with E-state index in [4.69, 9.17) is 5.73 Å². The molecule has 8 heavy (non-hydrogen) atoms. The highest BCUT2D eigenvalue weighted by Gasteiger charge is 1.88. The van der Waals surface area contributed by atoms with Crippen LogP contribution in [0, 0.1) is 0 Å². The number of carbonyl (C=O) groups excluding carboxylic acids is 1. The summed E-state index contributed by atoms with van der Waals surface area (Å²) in [4.78, 5) is 10.0. The number of carbonyl (C=O) groups is 1. The third kappa shape index (κ3) is 5.78. The molecule has 0 radical (unpaired) electrons. The van der Waals surface area contributed by atoms with Crippen molar-refractivity contribution in [2.75, 3.05) is 18.7 Å². The van der Waals surface area contributed by atoms with E-state index in [1.165, 1.54) is 0 Å². The van der Waals surface area contributed by atoms with E-state index in [1.54, 1.807) is 11.8 Å². The number of primary amides is 1. The predicted molar refractivity (Wildman–Crippen MR) is 35.6 cm³/mol. The van der Waals surface area contributed by atoms with Crippen molar-refractivity contribution in [3.05, 3.63) is 0 Å². The molecule has 1 amide bonds. The summed E-state index contributed by atoms with van der Waals surface area (Å²) in [7, 11) is 0. The molecule has 3 N–H and O–H groups in total. The van der Waals surface area contributed by atoms with Gasteiger partial charge in [-0.3, -0.25) is 10.1 Å². The number of hydrogen-bond acceptors (Lipinski definition) is 3. The average Bonchev–Trinajstić information content (AvgIpc) is 1.66. The molecule has 0 aliphatic carbocycles. The molecule has 0 fully saturated rings. The number of rotatable bonds is 4. The maximum atomic E-state index is 10.0. The summed E-state index contributed by atoms with van der Waals surface area (Å²) < 4.78 is 0. The van der Waals surface area contributed by atoms with Gasteiger partial charge in [-0.05, 0) is 6.26 Å². The zero-order chi connectivity index (χ0) is 6.41. The zero-order valence-corrected chi connectivity index (χ0v) is 5.62. The van der Waals surface area contributed by atoms with Crippen LogP contribution in [0.3, 0.4) is 0 Å². The lowest BCUT2D eigenvalue weighted by Gasteiger charge is -1.95. The van der Waals surface area contributed by atoms with E-state index in [0.29, 0.717) is 0 Å². The van der Waals surface area contributed by atoms with Crippen LogP contribution in [0.25, 0.3) is 0 Å². The molecule has 0 aromatic carbocycles. The van der Waals surface area contributed by atoms with Crippen LogP contribution in [-0.2, 0) is 4.79 Å². The largest absolute Gasteiger partial charge is 0.369 e. The molecule has 0 aromatic rings. The first-order valence-corrected chi connectivity index (χ1v) is 3.64. The van der Waals surface area contributed by atoms with Crippen LogP contribution < -0.4 is 11.1 Å². The van der Waals surface area contributed by atoms with Crippen LogP contribution in [0.5, 0.6) is 0 Å². The molecule has 0 aromatic heterocycles. The van der Waals surface area contributed by atoms with Gasteiger partial charge >= 0.3 is 0 Å². The van der Waals surface area contributed by atoms with Crippen LogP contribution in [0.2, 0.25) is 0 Å². The minimum Gasteiger partial charge on any atom is -0.369 e. The van der Waals surface area contributed by atoms with Gasteiger partial charge in [0.25, 0.3) is 0 Å². The van der Waals surface area contributed by atoms with Crippen LogP contribution in [-0.4, -0.2) is 24.6 Å². The highest BCUT2D eigenvalue weighted by Crippen LogP contribution is 1.82. The Morgan fingerprint density at radius 3 is 2.88 bits per heavy atom. The SMILES string of the molecule is CSCNCC(N)=O. The predicted octanol–water partition coefficient (Wildman–Crippen LogP) is -0.618. The maximum Gasteiger partial charge on any atom is 0.231 e. The molecule has 0 aliphatic rings. The molecule has 4 heteroatoms. The van der Waals surface area contributed by atoms with Gasteiger partial charge in [0.2, 0.25) is 5.91 Å². The summed E-state index contributed by atoms with van der Waals surface area (Å²) >= 11 is 1.62. The third-order valence-electron chi connectivity index (χ3n) is 0.546. The van der Waals surface area contributed by atoms with Gasteiger partial charge in [-0.2, -0.15) is 0 Å². The Hall–Kier alpha value is -0.220. The molecule has 48 valence electrons. The smallest absolute Gasteiger partial charge is 0.231 e. The second-order valence-electron chi connectivity index (χ2n) is 1.33. The van der Waals surface area contributed by atoms with Gasteiger partial charge in [0.05, 0.1) is 6.54 Å². The Morgan fingerprint density at radius 2 is 2.50 bits per heavy atom. The standard InChI is InChI=1S/C4H10N2OS/c1-8-3-6-2-4(5)7/h6H,2-3H2,1H3,(H2,5,7). The second-order valence-corrected chi connectivity index (χ2v) is 2.19. The second kappa shape index (κ2) is 4.93. The Morgan fingerprint density at radius 1 is 1.88 bits per heavy atom. The molecule has 0 rings (SSSR count). The molecule has 0 atom stereocenters. The van der Waals surface area contributed by atoms with Gasteiger partial charge < -0.3 is 5.73 Å². The van der Waals surface area contributed by atoms with E-state index >= 15 is 0 Å². The number of hydrogen-bond donors (Lipinski definition) is 2. The zero-order valence-electron chi connectivity index (χ0n) is 4.81. The van der Waals surface area contributed by atoms with E-state index in [0.717, 1.165) is 5.88 Å². The van der Waals surface area contributed by atoms with E-state index in [2.05, 4.69) is 5.32 Å². The summed E-state index contributed by atoms with van der Waals surface area (Å²) in [6, 6.07) is 0. The number of nitrogens with two attached hydrogens (primary N) is 1. The topological polar surface area (TPSA) is 55.1 Å². The van der Waals surface area contributed by atoms with Crippen LogP contribution >= 0.6 is 11.8 Å². The number of thioether (sulfide) groups is 1. The van der Waals surface area contributed by atoms with Crippen molar-refractivity contribution in [2.45, 2.75) is 0 Å². The normalized spacial score (nSPS) is 9.12. The van der Waals surface area contributed by atoms with Crippen molar-refractivity contribution >= 4 is 17.7 Å². The molecule has 3 nitrogen and oxygen atoms in total. The van der Waals surface area contributed by atoms with Crippen LogP contribution in [0.4, 0.5) is 0 Å². The van der Waals surface area contributed by atoms with E-state index in [1.807, 2.05) is 6.26 Å². The van der Waals surface area contributed by atoms with Gasteiger partial charge in [-0.1, -0.05) is 0 Å². The molecular weight excluding hydrogens is 124 g/mol. The average molecular weight is 134 g/mol. The quantitative estimate of drug-likeness (QED) is 0.398. The monoisotopic (exact) mass is 134 g/mol. The van der Waals surface area contributed by atoms with Crippen LogP contribution in [0.1, 0.15) is 0 Å². The lowest BCUT2D eigenvalue weighted by Crippen LogP contribution is -2.27. The maximum absolute atomic E-state index is 10.0. The van der Waals surface area contributed by atoms with Crippen molar-refractivity contribution in [3.8, 4) is 0 Å². The van der Waals surface area contributed by atoms with Gasteiger partial charge in [0, 0.05) is 5.88 Å². The molecule has 0 heterocycles. The van der Waals surface area contributed by atoms with E-state index in [-0.39, 0.29) is 12.5 Å². The molecule has 0 unspecified atom stereocenters. The number of amides is 1. The fourth-order valence-corrected chi connectivity index (χ4v) is 0.582. The van der Waals surface area contributed by atoms with Crippen molar-refractivity contribution in [2.24, 2.45) is 5.73 Å². The summed E-state index contributed by atoms with van der Waals surface area (Å²) in [6.45, 7) is 0.279. The first-order chi connectivity index (χ1) is 3.77. The Balaban J connectivity index is 2.82. The van der Waals surface area contributed by atoms with Crippen molar-refractivity contribution in [1.82, 2.24) is 5.32 Å². The molecular formula is C4H10N2OS. The van der Waals surface area contributed by atoms with Gasteiger partial charge in [-0.15, -0.1) is 11.8 Å². The molecule has 0 bridgehead atoms. The lowest BCUT2D eigenvalue weighted by atomic mass is 10.6. The lowest BCUT2D eigenvalue weighted by molar-refractivity contribution is -0.117. The Bertz CT molecular complexity index is 76.4. The fraction of sp³-hybridized carbons (Fsp3) is 0.750. The first kappa shape index (κ1) is 7.78. The minimum atomic E-state index is -0.306. The Labute approximate surface area is 53.0 Å². The molecule has 0 aliphatic heterocycles. The molecule has 0 spiro atoms. The van der Waals surface area contributed by atoms with Gasteiger partial charge in [0.1, 0.15) is 0 Å². The molecule has 0 saturated heterocycles. The highest BCUT2D eigenvalue weighted by molar-refractivity contribution is 7.98. The van der Waals surface area contributed by atoms with Gasteiger partial charge in [0.15, 0.2) is 0 Å². The van der Waals surface area contributed by atoms with Gasteiger partial charge in [-0.25, -0.2) is 0 Å². The van der Waals surface area contributed by atoms with Crippen molar-refractivity contribution in [1.29, 1.82) is 0 Å². The summed E-state index contributed by atoms with van der Waals surface area (Å²) in [5, 5.41) is 2.82. The van der Waals surface area contributed by atoms with E-state index in [9.17, 15) is 4.79 Å². The number of nitrogens with one attached hydrogen (secondary N) is 1. The Kier molecular flexibility index (Phi) is 4.79. The summed E-state index contributed by atoms with van der Waals surface area (Å²) in [5.74, 6) is 0.474. The highest BCUT2D eigenvalue weighted by atomic mass is 32.2. The summed E-state index contributed by atoms with van der Waals surface area (Å²) in [5.41, 5.74) is 4.82. The van der Waals surface area contributed by atoms with E-state index < -0.39 is 0 Å². The molecule has 0 saturated carbocycles.